The van der Waals surface area contributed by atoms with E-state index in [0.717, 1.165) is 63.5 Å². The Hall–Kier alpha value is -2.71. The molecule has 0 saturated carbocycles. The van der Waals surface area contributed by atoms with E-state index in [1.54, 1.807) is 11.1 Å². The van der Waals surface area contributed by atoms with E-state index in [2.05, 4.69) is 64.2 Å². The molecule has 0 unspecified atom stereocenters. The van der Waals surface area contributed by atoms with Crippen molar-refractivity contribution >= 4 is 34.9 Å². The molecule has 2 aliphatic heterocycles. The number of halogens is 1. The van der Waals surface area contributed by atoms with E-state index >= 15 is 0 Å². The highest BCUT2D eigenvalue weighted by atomic mass is 35.5. The van der Waals surface area contributed by atoms with Crippen LogP contribution in [0, 0.1) is 0 Å². The van der Waals surface area contributed by atoms with Crippen LogP contribution in [0.2, 0.25) is 0 Å². The summed E-state index contributed by atoms with van der Waals surface area (Å²) >= 11 is 6.38. The summed E-state index contributed by atoms with van der Waals surface area (Å²) in [6, 6.07) is 6.59. The number of aryl methyl sites for hydroxylation is 1. The molecule has 0 radical (unpaired) electrons. The third-order valence-corrected chi connectivity index (χ3v) is 6.64. The molecule has 1 amide bonds. The standard InChI is InChI=1S/C26H39ClN6O2/c1-5-22-18-23(32-15-13-31(4)14-16-32)8-9-25(22)30-21(3)29-19-24(27)20(2)28-10-6-11-33-12-7-17-35-26(33)34/h8-9,18-19,28H,2,5-7,10-17H2,1,3-4H3,(H,29,30)/b24-19+. The lowest BCUT2D eigenvalue weighted by Gasteiger charge is -2.34. The van der Waals surface area contributed by atoms with Gasteiger partial charge in [0, 0.05) is 69.1 Å². The first-order valence-corrected chi connectivity index (χ1v) is 12.8. The molecule has 2 N–H and O–H groups in total. The van der Waals surface area contributed by atoms with Crippen LogP contribution < -0.4 is 15.5 Å². The molecule has 192 valence electrons. The summed E-state index contributed by atoms with van der Waals surface area (Å²) < 4.78 is 5.05. The molecule has 35 heavy (non-hydrogen) atoms. The van der Waals surface area contributed by atoms with Gasteiger partial charge in [0.2, 0.25) is 0 Å². The van der Waals surface area contributed by atoms with Crippen LogP contribution in [-0.4, -0.2) is 81.2 Å². The summed E-state index contributed by atoms with van der Waals surface area (Å²) in [5.74, 6) is 0.751. The van der Waals surface area contributed by atoms with Crippen LogP contribution in [0.25, 0.3) is 0 Å². The number of amides is 1. The highest BCUT2D eigenvalue weighted by Gasteiger charge is 2.18. The maximum atomic E-state index is 11.7. The number of hydrogen-bond acceptors (Lipinski definition) is 6. The number of ether oxygens (including phenoxy) is 1. The van der Waals surface area contributed by atoms with Crippen LogP contribution in [0.1, 0.15) is 32.3 Å². The van der Waals surface area contributed by atoms with E-state index in [4.69, 9.17) is 16.3 Å². The van der Waals surface area contributed by atoms with Crippen LogP contribution in [0.4, 0.5) is 16.2 Å². The van der Waals surface area contributed by atoms with Crippen molar-refractivity contribution in [3.63, 3.8) is 0 Å². The van der Waals surface area contributed by atoms with Crippen LogP contribution in [-0.2, 0) is 11.2 Å². The predicted octanol–water partition coefficient (Wildman–Crippen LogP) is 4.25. The number of likely N-dealkylation sites (N-methyl/N-ethyl adjacent to an activating group) is 1. The van der Waals surface area contributed by atoms with Gasteiger partial charge in [-0.2, -0.15) is 0 Å². The van der Waals surface area contributed by atoms with Gasteiger partial charge >= 0.3 is 6.09 Å². The molecule has 0 spiro atoms. The summed E-state index contributed by atoms with van der Waals surface area (Å²) in [6.07, 6.45) is 3.97. The number of benzene rings is 1. The first-order chi connectivity index (χ1) is 16.9. The summed E-state index contributed by atoms with van der Waals surface area (Å²) in [7, 11) is 2.17. The molecule has 0 bridgehead atoms. The molecule has 2 heterocycles. The van der Waals surface area contributed by atoms with Crippen molar-refractivity contribution in [3.8, 4) is 0 Å². The highest BCUT2D eigenvalue weighted by Crippen LogP contribution is 2.25. The number of aliphatic imine (C=N–C) groups is 1. The predicted molar refractivity (Wildman–Crippen MR) is 145 cm³/mol. The number of allylic oxidation sites excluding steroid dienone is 1. The average molecular weight is 503 g/mol. The summed E-state index contributed by atoms with van der Waals surface area (Å²) in [5, 5.41) is 7.05. The fourth-order valence-corrected chi connectivity index (χ4v) is 4.22. The maximum absolute atomic E-state index is 11.7. The van der Waals surface area contributed by atoms with Gasteiger partial charge in [0.15, 0.2) is 0 Å². The molecule has 2 fully saturated rings. The summed E-state index contributed by atoms with van der Waals surface area (Å²) in [5.41, 5.74) is 4.20. The minimum Gasteiger partial charge on any atom is -0.449 e. The van der Waals surface area contributed by atoms with Gasteiger partial charge in [0.05, 0.1) is 11.6 Å². The zero-order valence-electron chi connectivity index (χ0n) is 21.3. The molecule has 0 atom stereocenters. The Morgan fingerprint density at radius 3 is 2.74 bits per heavy atom. The second-order valence-corrected chi connectivity index (χ2v) is 9.42. The zero-order chi connectivity index (χ0) is 25.2. The quantitative estimate of drug-likeness (QED) is 0.216. The number of carbonyl (C=O) groups is 1. The van der Waals surface area contributed by atoms with E-state index < -0.39 is 0 Å². The highest BCUT2D eigenvalue weighted by molar-refractivity contribution is 6.31. The van der Waals surface area contributed by atoms with E-state index in [0.29, 0.717) is 30.4 Å². The second kappa shape index (κ2) is 13.4. The van der Waals surface area contributed by atoms with Gasteiger partial charge < -0.3 is 30.1 Å². The number of carbonyl (C=O) groups excluding carboxylic acids is 1. The Kier molecular flexibility index (Phi) is 10.3. The Labute approximate surface area is 214 Å². The molecule has 1 aromatic rings. The Morgan fingerprint density at radius 2 is 2.03 bits per heavy atom. The van der Waals surface area contributed by atoms with Gasteiger partial charge in [-0.1, -0.05) is 25.1 Å². The first-order valence-electron chi connectivity index (χ1n) is 12.5. The van der Waals surface area contributed by atoms with Gasteiger partial charge in [-0.05, 0) is 57.0 Å². The normalized spacial score (nSPS) is 17.9. The smallest absolute Gasteiger partial charge is 0.409 e. The third-order valence-electron chi connectivity index (χ3n) is 6.31. The van der Waals surface area contributed by atoms with E-state index in [1.165, 1.54) is 11.3 Å². The van der Waals surface area contributed by atoms with Crippen molar-refractivity contribution in [1.29, 1.82) is 0 Å². The molecule has 2 saturated heterocycles. The minimum atomic E-state index is -0.231. The minimum absolute atomic E-state index is 0.231. The zero-order valence-corrected chi connectivity index (χ0v) is 22.0. The van der Waals surface area contributed by atoms with Gasteiger partial charge in [-0.3, -0.25) is 0 Å². The fourth-order valence-electron chi connectivity index (χ4n) is 4.11. The Bertz CT molecular complexity index is 940. The molecule has 9 heteroatoms. The van der Waals surface area contributed by atoms with Crippen LogP contribution in [0.15, 0.2) is 46.7 Å². The number of cyclic esters (lactones) is 1. The number of rotatable bonds is 10. The lowest BCUT2D eigenvalue weighted by Crippen LogP contribution is -2.44. The first kappa shape index (κ1) is 26.9. The molecular formula is C26H39ClN6O2. The van der Waals surface area contributed by atoms with Crippen LogP contribution in [0.3, 0.4) is 0 Å². The average Bonchev–Trinajstić information content (AvgIpc) is 2.86. The SMILES string of the molecule is C=C(NCCCN1CCCOC1=O)/C(Cl)=C\N=C(C)Nc1ccc(N2CCN(C)CC2)cc1CC. The Morgan fingerprint density at radius 1 is 1.26 bits per heavy atom. The summed E-state index contributed by atoms with van der Waals surface area (Å²) in [6.45, 7) is 14.9. The van der Waals surface area contributed by atoms with Crippen molar-refractivity contribution in [1.82, 2.24) is 15.1 Å². The lowest BCUT2D eigenvalue weighted by molar-refractivity contribution is 0.0726. The van der Waals surface area contributed by atoms with E-state index in [-0.39, 0.29) is 6.09 Å². The van der Waals surface area contributed by atoms with Crippen molar-refractivity contribution in [3.05, 3.63) is 47.3 Å². The monoisotopic (exact) mass is 502 g/mol. The van der Waals surface area contributed by atoms with Gasteiger partial charge in [0.25, 0.3) is 0 Å². The number of anilines is 2. The number of hydrogen-bond donors (Lipinski definition) is 2. The molecule has 0 aromatic heterocycles. The van der Waals surface area contributed by atoms with Crippen molar-refractivity contribution < 1.29 is 9.53 Å². The summed E-state index contributed by atoms with van der Waals surface area (Å²) in [4.78, 5) is 22.7. The van der Waals surface area contributed by atoms with Crippen LogP contribution >= 0.6 is 11.6 Å². The van der Waals surface area contributed by atoms with E-state index in [9.17, 15) is 4.79 Å². The second-order valence-electron chi connectivity index (χ2n) is 9.02. The maximum Gasteiger partial charge on any atom is 0.409 e. The van der Waals surface area contributed by atoms with Gasteiger partial charge in [-0.15, -0.1) is 0 Å². The number of amidine groups is 1. The van der Waals surface area contributed by atoms with E-state index in [1.807, 2.05) is 6.92 Å². The topological polar surface area (TPSA) is 72.4 Å². The fraction of sp³-hybridized carbons (Fsp3) is 0.538. The van der Waals surface area contributed by atoms with Gasteiger partial charge in [0.1, 0.15) is 5.84 Å². The largest absolute Gasteiger partial charge is 0.449 e. The molecular weight excluding hydrogens is 464 g/mol. The van der Waals surface area contributed by atoms with Crippen LogP contribution in [0.5, 0.6) is 0 Å². The molecule has 1 aromatic carbocycles. The van der Waals surface area contributed by atoms with Gasteiger partial charge in [-0.25, -0.2) is 9.79 Å². The third kappa shape index (κ3) is 8.18. The molecule has 8 nitrogen and oxygen atoms in total. The molecule has 0 aliphatic carbocycles. The molecule has 2 aliphatic rings. The number of piperazine rings is 1. The number of nitrogens with one attached hydrogen (secondary N) is 2. The number of nitrogens with zero attached hydrogens (tertiary/aromatic N) is 4. The van der Waals surface area contributed by atoms with Crippen molar-refractivity contribution in [2.75, 3.05) is 69.7 Å². The van der Waals surface area contributed by atoms with Crippen molar-refractivity contribution in [2.24, 2.45) is 4.99 Å². The van der Waals surface area contributed by atoms with Crippen molar-refractivity contribution in [2.45, 2.75) is 33.1 Å². The Balaban J connectivity index is 1.48. The lowest BCUT2D eigenvalue weighted by atomic mass is 10.1. The molecule has 3 rings (SSSR count).